The van der Waals surface area contributed by atoms with Gasteiger partial charge in [-0.15, -0.1) is 0 Å². The van der Waals surface area contributed by atoms with Crippen molar-refractivity contribution in [2.75, 3.05) is 21.1 Å². The van der Waals surface area contributed by atoms with Crippen LogP contribution in [0.5, 0.6) is 0 Å². The fourth-order valence-corrected chi connectivity index (χ4v) is 1.13. The van der Waals surface area contributed by atoms with Gasteiger partial charge in [0.15, 0.2) is 5.78 Å². The average Bonchev–Trinajstić information content (AvgIpc) is 2.25. The van der Waals surface area contributed by atoms with Crippen LogP contribution >= 0.6 is 0 Å². The monoisotopic (exact) mass is 235 g/mol. The van der Waals surface area contributed by atoms with Crippen LogP contribution in [-0.2, 0) is 0 Å². The lowest BCUT2D eigenvalue weighted by molar-refractivity contribution is -0.817. The maximum Gasteiger partial charge on any atom is 0.269 e. The van der Waals surface area contributed by atoms with Crippen molar-refractivity contribution in [1.29, 1.82) is 0 Å². The molecule has 90 valence electrons. The minimum Gasteiger partial charge on any atom is -0.304 e. The molecule has 0 heterocycles. The molecule has 0 amide bonds. The quantitative estimate of drug-likeness (QED) is 0.263. The molecule has 0 bridgehead atoms. The normalized spacial score (nSPS) is 11.7. The summed E-state index contributed by atoms with van der Waals surface area (Å²) in [5, 5.41) is 10.4. The van der Waals surface area contributed by atoms with Crippen molar-refractivity contribution in [3.63, 3.8) is 0 Å². The van der Waals surface area contributed by atoms with Crippen LogP contribution in [0.1, 0.15) is 10.4 Å². The third-order valence-electron chi connectivity index (χ3n) is 2.04. The Morgan fingerprint density at radius 3 is 2.18 bits per heavy atom. The molecule has 1 aromatic carbocycles. The van der Waals surface area contributed by atoms with E-state index in [1.54, 1.807) is 6.20 Å². The van der Waals surface area contributed by atoms with Crippen LogP contribution in [0.2, 0.25) is 0 Å². The first kappa shape index (κ1) is 13.1. The zero-order valence-electron chi connectivity index (χ0n) is 10.1. The number of carbonyl (C=O) groups excluding carboxylic acids is 1. The number of allylic oxidation sites excluding steroid dienone is 1. The summed E-state index contributed by atoms with van der Waals surface area (Å²) < 4.78 is 0.540. The zero-order valence-corrected chi connectivity index (χ0v) is 10.1. The summed E-state index contributed by atoms with van der Waals surface area (Å²) in [6.45, 7) is 0. The minimum atomic E-state index is -0.490. The number of rotatable bonds is 4. The third kappa shape index (κ3) is 4.16. The molecule has 1 aromatic rings. The summed E-state index contributed by atoms with van der Waals surface area (Å²) >= 11 is 0. The number of carbonyl (C=O) groups is 1. The van der Waals surface area contributed by atoms with E-state index in [0.717, 1.165) is 0 Å². The highest BCUT2D eigenvalue weighted by Crippen LogP contribution is 2.12. The van der Waals surface area contributed by atoms with E-state index in [9.17, 15) is 14.9 Å². The fourth-order valence-electron chi connectivity index (χ4n) is 1.13. The highest BCUT2D eigenvalue weighted by Gasteiger charge is 2.08. The molecular formula is C12H15N2O3+. The van der Waals surface area contributed by atoms with E-state index in [1.807, 2.05) is 21.1 Å². The molecule has 0 radical (unpaired) electrons. The fraction of sp³-hybridized carbons (Fsp3) is 0.250. The molecule has 5 heteroatoms. The van der Waals surface area contributed by atoms with Crippen molar-refractivity contribution >= 4 is 11.5 Å². The Bertz CT molecular complexity index is 456. The largest absolute Gasteiger partial charge is 0.304 e. The van der Waals surface area contributed by atoms with Crippen molar-refractivity contribution in [3.8, 4) is 0 Å². The summed E-state index contributed by atoms with van der Waals surface area (Å²) in [5.41, 5.74) is 0.428. The Labute approximate surface area is 99.7 Å². The second-order valence-electron chi connectivity index (χ2n) is 4.60. The van der Waals surface area contributed by atoms with Crippen molar-refractivity contribution in [3.05, 3.63) is 52.2 Å². The van der Waals surface area contributed by atoms with Gasteiger partial charge in [-0.3, -0.25) is 14.9 Å². The predicted molar refractivity (Wildman–Crippen MR) is 64.6 cm³/mol. The van der Waals surface area contributed by atoms with Gasteiger partial charge in [-0.2, -0.15) is 0 Å². The van der Waals surface area contributed by atoms with Gasteiger partial charge < -0.3 is 4.48 Å². The molecular weight excluding hydrogens is 220 g/mol. The second kappa shape index (κ2) is 4.88. The third-order valence-corrected chi connectivity index (χ3v) is 2.04. The molecule has 5 nitrogen and oxygen atoms in total. The van der Waals surface area contributed by atoms with Crippen molar-refractivity contribution in [2.24, 2.45) is 0 Å². The Kier molecular flexibility index (Phi) is 3.75. The summed E-state index contributed by atoms with van der Waals surface area (Å²) in [5.74, 6) is -0.159. The number of nitro groups is 1. The summed E-state index contributed by atoms with van der Waals surface area (Å²) in [6.07, 6.45) is 3.23. The first-order valence-corrected chi connectivity index (χ1v) is 5.09. The van der Waals surface area contributed by atoms with Gasteiger partial charge in [0.1, 0.15) is 0 Å². The van der Waals surface area contributed by atoms with E-state index in [4.69, 9.17) is 0 Å². The van der Waals surface area contributed by atoms with E-state index >= 15 is 0 Å². The van der Waals surface area contributed by atoms with Gasteiger partial charge in [-0.05, 0) is 12.1 Å². The highest BCUT2D eigenvalue weighted by atomic mass is 16.6. The van der Waals surface area contributed by atoms with E-state index in [1.165, 1.54) is 30.3 Å². The molecule has 0 aliphatic heterocycles. The van der Waals surface area contributed by atoms with E-state index < -0.39 is 4.92 Å². The molecule has 0 aliphatic rings. The number of quaternary nitrogens is 1. The zero-order chi connectivity index (χ0) is 13.1. The molecule has 0 saturated heterocycles. The van der Waals surface area contributed by atoms with Gasteiger partial charge in [-0.1, -0.05) is 0 Å². The van der Waals surface area contributed by atoms with Crippen molar-refractivity contribution in [2.45, 2.75) is 0 Å². The summed E-state index contributed by atoms with van der Waals surface area (Å²) in [6, 6.07) is 5.57. The molecule has 0 saturated carbocycles. The Balaban J connectivity index is 2.84. The molecule has 0 atom stereocenters. The number of nitrogens with zero attached hydrogens (tertiary/aromatic N) is 2. The highest BCUT2D eigenvalue weighted by molar-refractivity contribution is 6.04. The van der Waals surface area contributed by atoms with Gasteiger partial charge in [0, 0.05) is 23.8 Å². The first-order valence-electron chi connectivity index (χ1n) is 5.09. The standard InChI is InChI=1S/C12H15N2O3/c1-14(2,3)9-8-12(15)10-4-6-11(7-5-10)13(16)17/h4-9H,1-3H3/q+1. The Hall–Kier alpha value is -2.01. The molecule has 1 rings (SSSR count). The molecule has 17 heavy (non-hydrogen) atoms. The molecule has 0 aliphatic carbocycles. The van der Waals surface area contributed by atoms with Crippen LogP contribution in [0.15, 0.2) is 36.5 Å². The lowest BCUT2D eigenvalue weighted by Crippen LogP contribution is -2.27. The Morgan fingerprint density at radius 2 is 1.76 bits per heavy atom. The van der Waals surface area contributed by atoms with Crippen molar-refractivity contribution < 1.29 is 14.2 Å². The number of ketones is 1. The van der Waals surface area contributed by atoms with Crippen LogP contribution in [0, 0.1) is 10.1 Å². The second-order valence-corrected chi connectivity index (χ2v) is 4.60. The first-order chi connectivity index (χ1) is 7.79. The number of hydrogen-bond acceptors (Lipinski definition) is 3. The predicted octanol–water partition coefficient (Wildman–Crippen LogP) is 2.00. The van der Waals surface area contributed by atoms with Crippen LogP contribution in [0.4, 0.5) is 5.69 Å². The minimum absolute atomic E-state index is 0.0165. The van der Waals surface area contributed by atoms with Crippen LogP contribution in [0.25, 0.3) is 0 Å². The number of nitro benzene ring substituents is 1. The van der Waals surface area contributed by atoms with Gasteiger partial charge in [0.2, 0.25) is 0 Å². The summed E-state index contributed by atoms with van der Waals surface area (Å²) in [7, 11) is 5.79. The maximum atomic E-state index is 11.7. The van der Waals surface area contributed by atoms with Gasteiger partial charge in [0.05, 0.1) is 32.3 Å². The smallest absolute Gasteiger partial charge is 0.269 e. The summed E-state index contributed by atoms with van der Waals surface area (Å²) in [4.78, 5) is 21.7. The van der Waals surface area contributed by atoms with Crippen LogP contribution < -0.4 is 0 Å². The Morgan fingerprint density at radius 1 is 1.24 bits per heavy atom. The molecule has 0 aromatic heterocycles. The van der Waals surface area contributed by atoms with Gasteiger partial charge >= 0.3 is 0 Å². The maximum absolute atomic E-state index is 11.7. The van der Waals surface area contributed by atoms with E-state index in [-0.39, 0.29) is 11.5 Å². The number of benzene rings is 1. The molecule has 0 unspecified atom stereocenters. The van der Waals surface area contributed by atoms with Gasteiger partial charge in [0.25, 0.3) is 5.69 Å². The van der Waals surface area contributed by atoms with Crippen molar-refractivity contribution in [1.82, 2.24) is 0 Å². The van der Waals surface area contributed by atoms with Crippen LogP contribution in [-0.4, -0.2) is 36.3 Å². The van der Waals surface area contributed by atoms with E-state index in [2.05, 4.69) is 0 Å². The molecule has 0 fully saturated rings. The van der Waals surface area contributed by atoms with Crippen LogP contribution in [0.3, 0.4) is 0 Å². The SMILES string of the molecule is C[N+](C)(C)C=CC(=O)c1ccc([N+](=O)[O-])cc1. The lowest BCUT2D eigenvalue weighted by atomic mass is 10.1. The average molecular weight is 235 g/mol. The van der Waals surface area contributed by atoms with E-state index in [0.29, 0.717) is 10.0 Å². The van der Waals surface area contributed by atoms with Gasteiger partial charge in [-0.25, -0.2) is 0 Å². The molecule has 0 N–H and O–H groups in total. The number of hydrogen-bond donors (Lipinski definition) is 0. The molecule has 0 spiro atoms. The number of non-ortho nitro benzene ring substituents is 1. The lowest BCUT2D eigenvalue weighted by Gasteiger charge is -2.16. The topological polar surface area (TPSA) is 60.2 Å².